The molecular formula is C18H23N5O3. The molecule has 0 aliphatic heterocycles. The van der Waals surface area contributed by atoms with Crippen LogP contribution in [0.2, 0.25) is 0 Å². The van der Waals surface area contributed by atoms with Crippen molar-refractivity contribution < 1.29 is 9.84 Å². The van der Waals surface area contributed by atoms with Crippen molar-refractivity contribution in [1.82, 2.24) is 19.5 Å². The van der Waals surface area contributed by atoms with Gasteiger partial charge < -0.3 is 20.1 Å². The van der Waals surface area contributed by atoms with Gasteiger partial charge in [-0.25, -0.2) is 4.98 Å². The number of imidazole rings is 1. The summed E-state index contributed by atoms with van der Waals surface area (Å²) in [5.41, 5.74) is 6.91. The third-order valence-electron chi connectivity index (χ3n) is 3.92. The Hall–Kier alpha value is -2.71. The monoisotopic (exact) mass is 357 g/mol. The van der Waals surface area contributed by atoms with Crippen LogP contribution < -0.4 is 11.3 Å². The highest BCUT2D eigenvalue weighted by molar-refractivity contribution is 5.71. The predicted octanol–water partition coefficient (Wildman–Crippen LogP) is 1.08. The predicted molar refractivity (Wildman–Crippen MR) is 98.9 cm³/mol. The summed E-state index contributed by atoms with van der Waals surface area (Å²) in [7, 11) is 0. The molecule has 138 valence electrons. The van der Waals surface area contributed by atoms with Gasteiger partial charge >= 0.3 is 0 Å². The molecule has 0 aliphatic carbocycles. The number of nitrogens with zero attached hydrogens (tertiary/aromatic N) is 3. The van der Waals surface area contributed by atoms with Crippen LogP contribution in [-0.2, 0) is 17.7 Å². The van der Waals surface area contributed by atoms with E-state index >= 15 is 0 Å². The number of aromatic amines is 1. The number of nitrogens with one attached hydrogen (secondary N) is 1. The van der Waals surface area contributed by atoms with Crippen molar-refractivity contribution in [2.75, 3.05) is 12.3 Å². The maximum Gasteiger partial charge on any atom is 0.280 e. The topological polar surface area (TPSA) is 119 Å². The third-order valence-corrected chi connectivity index (χ3v) is 3.92. The molecule has 3 aromatic rings. The van der Waals surface area contributed by atoms with Crippen LogP contribution >= 0.6 is 0 Å². The van der Waals surface area contributed by atoms with Crippen LogP contribution in [0.15, 0.2) is 35.1 Å². The van der Waals surface area contributed by atoms with Gasteiger partial charge in [-0.2, -0.15) is 4.98 Å². The van der Waals surface area contributed by atoms with Crippen LogP contribution in [-0.4, -0.2) is 43.4 Å². The Morgan fingerprint density at radius 1 is 1.27 bits per heavy atom. The first-order chi connectivity index (χ1) is 12.4. The summed E-state index contributed by atoms with van der Waals surface area (Å²) < 4.78 is 7.21. The number of fused-ring (bicyclic) bond motifs is 1. The zero-order valence-corrected chi connectivity index (χ0v) is 14.8. The molecule has 1 atom stereocenters. The summed E-state index contributed by atoms with van der Waals surface area (Å²) in [5.74, 6) is 0.654. The van der Waals surface area contributed by atoms with E-state index in [2.05, 4.69) is 15.0 Å². The molecule has 0 aliphatic rings. The number of ether oxygens (including phenoxy) is 1. The molecule has 1 unspecified atom stereocenters. The summed E-state index contributed by atoms with van der Waals surface area (Å²) in [6.07, 6.45) is -0.231. The zero-order chi connectivity index (χ0) is 18.7. The quantitative estimate of drug-likeness (QED) is 0.582. The van der Waals surface area contributed by atoms with Crippen LogP contribution in [0.25, 0.3) is 11.2 Å². The highest BCUT2D eigenvalue weighted by atomic mass is 16.5. The van der Waals surface area contributed by atoms with Gasteiger partial charge in [0.05, 0.1) is 25.4 Å². The second-order valence-corrected chi connectivity index (χ2v) is 6.46. The number of H-pyrrole nitrogens is 1. The maximum absolute atomic E-state index is 12.2. The summed E-state index contributed by atoms with van der Waals surface area (Å²) in [6, 6.07) is 9.78. The number of hydrogen-bond donors (Lipinski definition) is 3. The van der Waals surface area contributed by atoms with Gasteiger partial charge in [0.2, 0.25) is 5.95 Å². The molecule has 3 rings (SSSR count). The molecule has 0 saturated carbocycles. The molecule has 2 aromatic heterocycles. The van der Waals surface area contributed by atoms with Crippen LogP contribution in [0.5, 0.6) is 0 Å². The Kier molecular flexibility index (Phi) is 5.34. The highest BCUT2D eigenvalue weighted by Crippen LogP contribution is 2.16. The molecule has 0 spiro atoms. The van der Waals surface area contributed by atoms with E-state index < -0.39 is 11.7 Å². The molecular weight excluding hydrogens is 334 g/mol. The minimum atomic E-state index is -0.758. The molecule has 0 amide bonds. The molecule has 26 heavy (non-hydrogen) atoms. The average Bonchev–Trinajstić information content (AvgIpc) is 2.92. The lowest BCUT2D eigenvalue weighted by atomic mass is 10.1. The number of hydrogen-bond acceptors (Lipinski definition) is 6. The van der Waals surface area contributed by atoms with Crippen LogP contribution in [0, 0.1) is 0 Å². The minimum Gasteiger partial charge on any atom is -0.389 e. The largest absolute Gasteiger partial charge is 0.389 e. The number of aliphatic hydroxyl groups excluding tert-OH is 1. The van der Waals surface area contributed by atoms with Crippen LogP contribution in [0.4, 0.5) is 5.95 Å². The van der Waals surface area contributed by atoms with Gasteiger partial charge in [0.25, 0.3) is 5.56 Å². The first-order valence-corrected chi connectivity index (χ1v) is 8.52. The molecule has 2 heterocycles. The van der Waals surface area contributed by atoms with Crippen molar-refractivity contribution in [3.8, 4) is 0 Å². The SMILES string of the molecule is CC(C)OCC(O)Cn1c(Cc2ccccc2)nc2c(=O)[nH]c(N)nc21. The van der Waals surface area contributed by atoms with Gasteiger partial charge in [-0.15, -0.1) is 0 Å². The Labute approximate surface area is 150 Å². The molecule has 1 aromatic carbocycles. The standard InChI is InChI=1S/C18H23N5O3/c1-11(2)26-10-13(24)9-23-14(8-12-6-4-3-5-7-12)20-15-16(23)21-18(19)22-17(15)25/h3-7,11,13,24H,8-10H2,1-2H3,(H3,19,21,22,25). The average molecular weight is 357 g/mol. The number of anilines is 1. The Morgan fingerprint density at radius 2 is 2.00 bits per heavy atom. The molecule has 0 bridgehead atoms. The maximum atomic E-state index is 12.2. The van der Waals surface area contributed by atoms with E-state index in [1.165, 1.54) is 0 Å². The van der Waals surface area contributed by atoms with Crippen molar-refractivity contribution in [3.63, 3.8) is 0 Å². The first kappa shape index (κ1) is 18.1. The van der Waals surface area contributed by atoms with Crippen molar-refractivity contribution in [2.45, 2.75) is 39.0 Å². The van der Waals surface area contributed by atoms with Crippen LogP contribution in [0.1, 0.15) is 25.2 Å². The second-order valence-electron chi connectivity index (χ2n) is 6.46. The van der Waals surface area contributed by atoms with Crippen molar-refractivity contribution in [2.24, 2.45) is 0 Å². The number of rotatable bonds is 7. The Bertz CT molecular complexity index is 933. The number of aromatic nitrogens is 4. The fourth-order valence-electron chi connectivity index (χ4n) is 2.74. The van der Waals surface area contributed by atoms with Gasteiger partial charge in [-0.1, -0.05) is 30.3 Å². The van der Waals surface area contributed by atoms with Crippen LogP contribution in [0.3, 0.4) is 0 Å². The fraction of sp³-hybridized carbons (Fsp3) is 0.389. The fourth-order valence-corrected chi connectivity index (χ4v) is 2.74. The van der Waals surface area contributed by atoms with Crippen molar-refractivity contribution >= 4 is 17.1 Å². The molecule has 0 radical (unpaired) electrons. The first-order valence-electron chi connectivity index (χ1n) is 8.52. The highest BCUT2D eigenvalue weighted by Gasteiger charge is 2.18. The van der Waals surface area contributed by atoms with E-state index in [1.807, 2.05) is 44.2 Å². The van der Waals surface area contributed by atoms with Gasteiger partial charge in [0, 0.05) is 6.42 Å². The van der Waals surface area contributed by atoms with E-state index in [9.17, 15) is 9.90 Å². The minimum absolute atomic E-state index is 0.0165. The number of nitrogens with two attached hydrogens (primary N) is 1. The van der Waals surface area contributed by atoms with Gasteiger partial charge in [0.15, 0.2) is 11.2 Å². The lowest BCUT2D eigenvalue weighted by molar-refractivity contribution is -0.000581. The van der Waals surface area contributed by atoms with E-state index in [-0.39, 0.29) is 30.7 Å². The van der Waals surface area contributed by atoms with E-state index in [4.69, 9.17) is 10.5 Å². The number of aliphatic hydroxyl groups is 1. The smallest absolute Gasteiger partial charge is 0.280 e. The molecule has 0 saturated heterocycles. The number of benzene rings is 1. The normalized spacial score (nSPS) is 12.8. The van der Waals surface area contributed by atoms with Crippen molar-refractivity contribution in [1.29, 1.82) is 0 Å². The zero-order valence-electron chi connectivity index (χ0n) is 14.8. The second kappa shape index (κ2) is 7.67. The third kappa shape index (κ3) is 4.09. The summed E-state index contributed by atoms with van der Waals surface area (Å²) in [4.78, 5) is 23.3. The van der Waals surface area contributed by atoms with Gasteiger partial charge in [-0.3, -0.25) is 9.78 Å². The lowest BCUT2D eigenvalue weighted by Gasteiger charge is -2.16. The van der Waals surface area contributed by atoms with Crippen molar-refractivity contribution in [3.05, 3.63) is 52.1 Å². The summed E-state index contributed by atoms with van der Waals surface area (Å²) >= 11 is 0. The molecule has 4 N–H and O–H groups in total. The Balaban J connectivity index is 1.99. The van der Waals surface area contributed by atoms with E-state index in [0.717, 1.165) is 5.56 Å². The number of nitrogen functional groups attached to an aromatic ring is 1. The molecule has 0 fully saturated rings. The van der Waals surface area contributed by atoms with Gasteiger partial charge in [-0.05, 0) is 19.4 Å². The van der Waals surface area contributed by atoms with Gasteiger partial charge in [0.1, 0.15) is 5.82 Å². The summed E-state index contributed by atoms with van der Waals surface area (Å²) in [5, 5.41) is 10.3. The Morgan fingerprint density at radius 3 is 2.69 bits per heavy atom. The summed E-state index contributed by atoms with van der Waals surface area (Å²) in [6.45, 7) is 4.20. The molecule has 8 nitrogen and oxygen atoms in total. The molecule has 8 heteroatoms. The lowest BCUT2D eigenvalue weighted by Crippen LogP contribution is -2.25. The van der Waals surface area contributed by atoms with E-state index in [1.54, 1.807) is 4.57 Å². The van der Waals surface area contributed by atoms with E-state index in [0.29, 0.717) is 17.9 Å².